The van der Waals surface area contributed by atoms with Crippen LogP contribution in [0.1, 0.15) is 25.3 Å². The Kier molecular flexibility index (Phi) is 3.83. The van der Waals surface area contributed by atoms with E-state index in [-0.39, 0.29) is 0 Å². The van der Waals surface area contributed by atoms with Crippen LogP contribution in [0.2, 0.25) is 0 Å². The summed E-state index contributed by atoms with van der Waals surface area (Å²) in [6.45, 7) is 2.24. The second kappa shape index (κ2) is 5.92. The molecule has 0 heteroatoms. The minimum absolute atomic E-state index is 1.18. The lowest BCUT2D eigenvalue weighted by Crippen LogP contribution is -1.79. The first kappa shape index (κ1) is 12.9. The van der Waals surface area contributed by atoms with Crippen LogP contribution < -0.4 is 0 Å². The highest BCUT2D eigenvalue weighted by Gasteiger charge is 2.06. The number of hydrogen-bond acceptors (Lipinski definition) is 0. The Morgan fingerprint density at radius 1 is 0.650 bits per heavy atom. The van der Waals surface area contributed by atoms with Crippen molar-refractivity contribution in [3.63, 3.8) is 0 Å². The number of aryl methyl sites for hydroxylation is 1. The first-order valence-electron chi connectivity index (χ1n) is 7.45. The van der Waals surface area contributed by atoms with Crippen molar-refractivity contribution in [2.45, 2.75) is 26.2 Å². The Hall–Kier alpha value is -2.08. The molecule has 1 aromatic rings. The molecule has 100 valence electrons. The van der Waals surface area contributed by atoms with Crippen LogP contribution in [0, 0.1) is 0 Å². The SMILES string of the molecule is CCCCc1ccc2cc(-c3ccccc3)cc-2cc1. The van der Waals surface area contributed by atoms with Gasteiger partial charge in [0.15, 0.2) is 0 Å². The van der Waals surface area contributed by atoms with Crippen molar-refractivity contribution in [3.05, 3.63) is 72.3 Å². The predicted octanol–water partition coefficient (Wildman–Crippen LogP) is 5.80. The highest BCUT2D eigenvalue weighted by Crippen LogP contribution is 2.31. The maximum atomic E-state index is 2.29. The van der Waals surface area contributed by atoms with Crippen LogP contribution in [0.5, 0.6) is 0 Å². The number of benzene rings is 1. The Bertz CT molecular complexity index is 618. The molecule has 3 rings (SSSR count). The van der Waals surface area contributed by atoms with Gasteiger partial charge in [0, 0.05) is 0 Å². The first-order chi connectivity index (χ1) is 9.86. The van der Waals surface area contributed by atoms with E-state index in [1.54, 1.807) is 0 Å². The summed E-state index contributed by atoms with van der Waals surface area (Å²) in [5.41, 5.74) is 6.68. The second-order valence-corrected chi connectivity index (χ2v) is 5.37. The fourth-order valence-corrected chi connectivity index (χ4v) is 2.63. The fraction of sp³-hybridized carbons (Fsp3) is 0.200. The zero-order valence-electron chi connectivity index (χ0n) is 12.0. The molecule has 1 aromatic carbocycles. The summed E-state index contributed by atoms with van der Waals surface area (Å²) in [6.07, 6.45) is 3.70. The molecule has 20 heavy (non-hydrogen) atoms. The third-order valence-corrected chi connectivity index (χ3v) is 3.84. The summed E-state index contributed by atoms with van der Waals surface area (Å²) < 4.78 is 0. The number of hydrogen-bond donors (Lipinski definition) is 0. The summed E-state index contributed by atoms with van der Waals surface area (Å²) in [7, 11) is 0. The molecular formula is C20H20. The number of rotatable bonds is 4. The van der Waals surface area contributed by atoms with E-state index in [1.165, 1.54) is 47.1 Å². The Morgan fingerprint density at radius 2 is 1.30 bits per heavy atom. The normalized spacial score (nSPS) is 10.8. The summed E-state index contributed by atoms with van der Waals surface area (Å²) in [6, 6.07) is 24.2. The van der Waals surface area contributed by atoms with Crippen LogP contribution >= 0.6 is 0 Å². The van der Waals surface area contributed by atoms with Crippen molar-refractivity contribution < 1.29 is 0 Å². The van der Waals surface area contributed by atoms with Gasteiger partial charge in [-0.15, -0.1) is 0 Å². The Morgan fingerprint density at radius 3 is 1.90 bits per heavy atom. The topological polar surface area (TPSA) is 0 Å². The van der Waals surface area contributed by atoms with Crippen molar-refractivity contribution in [3.8, 4) is 22.3 Å². The third-order valence-electron chi connectivity index (χ3n) is 3.84. The van der Waals surface area contributed by atoms with E-state index in [9.17, 15) is 0 Å². The molecule has 2 aliphatic carbocycles. The van der Waals surface area contributed by atoms with Crippen molar-refractivity contribution in [1.29, 1.82) is 0 Å². The van der Waals surface area contributed by atoms with Gasteiger partial charge >= 0.3 is 0 Å². The summed E-state index contributed by atoms with van der Waals surface area (Å²) in [5.74, 6) is 0. The quantitative estimate of drug-likeness (QED) is 0.556. The largest absolute Gasteiger partial charge is 0.0654 e. The zero-order chi connectivity index (χ0) is 13.8. The van der Waals surface area contributed by atoms with Crippen molar-refractivity contribution in [1.82, 2.24) is 0 Å². The molecular weight excluding hydrogens is 240 g/mol. The molecule has 0 amide bonds. The van der Waals surface area contributed by atoms with E-state index >= 15 is 0 Å². The van der Waals surface area contributed by atoms with Gasteiger partial charge < -0.3 is 0 Å². The van der Waals surface area contributed by atoms with E-state index in [0.717, 1.165) is 0 Å². The lowest BCUT2D eigenvalue weighted by molar-refractivity contribution is 0.796. The van der Waals surface area contributed by atoms with Crippen molar-refractivity contribution in [2.24, 2.45) is 0 Å². The van der Waals surface area contributed by atoms with E-state index in [2.05, 4.69) is 73.7 Å². The van der Waals surface area contributed by atoms with Crippen LogP contribution in [0.4, 0.5) is 0 Å². The van der Waals surface area contributed by atoms with E-state index < -0.39 is 0 Å². The number of fused-ring (bicyclic) bond motifs is 1. The highest BCUT2D eigenvalue weighted by molar-refractivity contribution is 5.79. The van der Waals surface area contributed by atoms with Gasteiger partial charge in [0.2, 0.25) is 0 Å². The smallest absolute Gasteiger partial charge is 0.0172 e. The molecule has 2 aliphatic rings. The summed E-state index contributed by atoms with van der Waals surface area (Å²) in [4.78, 5) is 0. The summed E-state index contributed by atoms with van der Waals surface area (Å²) >= 11 is 0. The Labute approximate surface area is 121 Å². The van der Waals surface area contributed by atoms with Gasteiger partial charge in [0.05, 0.1) is 0 Å². The first-order valence-corrected chi connectivity index (χ1v) is 7.45. The highest BCUT2D eigenvalue weighted by atomic mass is 14.1. The second-order valence-electron chi connectivity index (χ2n) is 5.37. The number of unbranched alkanes of at least 4 members (excludes halogenated alkanes) is 1. The molecule has 0 spiro atoms. The minimum atomic E-state index is 1.18. The van der Waals surface area contributed by atoms with Crippen LogP contribution in [0.25, 0.3) is 22.3 Å². The zero-order valence-corrected chi connectivity index (χ0v) is 12.0. The van der Waals surface area contributed by atoms with Gasteiger partial charge in [0.25, 0.3) is 0 Å². The van der Waals surface area contributed by atoms with Crippen LogP contribution in [0.3, 0.4) is 0 Å². The molecule has 0 heterocycles. The molecule has 0 radical (unpaired) electrons. The lowest BCUT2D eigenvalue weighted by atomic mass is 10.1. The lowest BCUT2D eigenvalue weighted by Gasteiger charge is -1.95. The van der Waals surface area contributed by atoms with Gasteiger partial charge in [-0.3, -0.25) is 0 Å². The molecule has 0 fully saturated rings. The predicted molar refractivity (Wildman–Crippen MR) is 87.1 cm³/mol. The van der Waals surface area contributed by atoms with Crippen LogP contribution in [-0.2, 0) is 6.42 Å². The molecule has 0 nitrogen and oxygen atoms in total. The van der Waals surface area contributed by atoms with E-state index in [0.29, 0.717) is 0 Å². The molecule has 0 atom stereocenters. The third kappa shape index (κ3) is 2.75. The monoisotopic (exact) mass is 260 g/mol. The molecule has 0 bridgehead atoms. The van der Waals surface area contributed by atoms with Crippen molar-refractivity contribution in [2.75, 3.05) is 0 Å². The van der Waals surface area contributed by atoms with E-state index in [1.807, 2.05) is 0 Å². The Balaban J connectivity index is 1.95. The minimum Gasteiger partial charge on any atom is -0.0654 e. The van der Waals surface area contributed by atoms with Crippen LogP contribution in [-0.4, -0.2) is 0 Å². The molecule has 0 saturated heterocycles. The standard InChI is InChI=1S/C20H20/c1-2-3-7-16-10-12-18-14-20(15-19(18)13-11-16)17-8-5-4-6-9-17/h4-6,8-15H,2-3,7H2,1H3. The van der Waals surface area contributed by atoms with Crippen molar-refractivity contribution >= 4 is 0 Å². The molecule has 0 saturated carbocycles. The maximum absolute atomic E-state index is 2.29. The van der Waals surface area contributed by atoms with Gasteiger partial charge in [0.1, 0.15) is 0 Å². The van der Waals surface area contributed by atoms with Gasteiger partial charge in [-0.05, 0) is 52.8 Å². The molecule has 0 aromatic heterocycles. The summed E-state index contributed by atoms with van der Waals surface area (Å²) in [5, 5.41) is 0. The van der Waals surface area contributed by atoms with Crippen LogP contribution in [0.15, 0.2) is 66.7 Å². The average molecular weight is 260 g/mol. The van der Waals surface area contributed by atoms with E-state index in [4.69, 9.17) is 0 Å². The molecule has 0 aliphatic heterocycles. The van der Waals surface area contributed by atoms with Gasteiger partial charge in [-0.1, -0.05) is 67.9 Å². The van der Waals surface area contributed by atoms with Gasteiger partial charge in [-0.25, -0.2) is 0 Å². The fourth-order valence-electron chi connectivity index (χ4n) is 2.63. The molecule has 0 N–H and O–H groups in total. The average Bonchev–Trinajstić information content (AvgIpc) is 2.82. The molecule has 0 unspecified atom stereocenters. The maximum Gasteiger partial charge on any atom is -0.0172 e. The van der Waals surface area contributed by atoms with Gasteiger partial charge in [-0.2, -0.15) is 0 Å².